The van der Waals surface area contributed by atoms with E-state index in [9.17, 15) is 9.18 Å². The molecular weight excluding hydrogens is 231 g/mol. The molecule has 0 heterocycles. The molecule has 1 aromatic carbocycles. The van der Waals surface area contributed by atoms with Crippen molar-refractivity contribution in [3.8, 4) is 0 Å². The van der Waals surface area contributed by atoms with E-state index in [1.807, 2.05) is 19.9 Å². The number of amides is 2. The number of hydrogen-bond donors (Lipinski definition) is 2. The van der Waals surface area contributed by atoms with Crippen molar-refractivity contribution in [2.75, 3.05) is 6.54 Å². The summed E-state index contributed by atoms with van der Waals surface area (Å²) in [5.41, 5.74) is 0.887. The highest BCUT2D eigenvalue weighted by atomic mass is 19.1. The van der Waals surface area contributed by atoms with Gasteiger partial charge in [0.1, 0.15) is 5.82 Å². The van der Waals surface area contributed by atoms with Crippen LogP contribution in [0.1, 0.15) is 32.3 Å². The van der Waals surface area contributed by atoms with Crippen molar-refractivity contribution in [2.24, 2.45) is 0 Å². The van der Waals surface area contributed by atoms with Gasteiger partial charge in [-0.1, -0.05) is 26.0 Å². The zero-order chi connectivity index (χ0) is 13.4. The minimum absolute atomic E-state index is 0.153. The summed E-state index contributed by atoms with van der Waals surface area (Å²) in [7, 11) is 0. The molecule has 0 aromatic heterocycles. The minimum atomic E-state index is -0.242. The van der Waals surface area contributed by atoms with Crippen molar-refractivity contribution < 1.29 is 9.18 Å². The molecule has 1 rings (SSSR count). The van der Waals surface area contributed by atoms with Gasteiger partial charge >= 0.3 is 6.03 Å². The SMILES string of the molecule is CCC(CC)NC(=O)NCCc1cccc(F)c1. The Labute approximate surface area is 108 Å². The van der Waals surface area contributed by atoms with Crippen molar-refractivity contribution in [1.29, 1.82) is 0 Å². The summed E-state index contributed by atoms with van der Waals surface area (Å²) < 4.78 is 12.9. The Kier molecular flexibility index (Phi) is 6.19. The molecule has 0 atom stereocenters. The molecule has 0 bridgehead atoms. The van der Waals surface area contributed by atoms with Gasteiger partial charge in [0, 0.05) is 12.6 Å². The zero-order valence-corrected chi connectivity index (χ0v) is 11.0. The van der Waals surface area contributed by atoms with Gasteiger partial charge < -0.3 is 10.6 Å². The van der Waals surface area contributed by atoms with Gasteiger partial charge in [0.2, 0.25) is 0 Å². The first-order chi connectivity index (χ1) is 8.65. The third-order valence-corrected chi connectivity index (χ3v) is 2.91. The van der Waals surface area contributed by atoms with Crippen LogP contribution in [0.3, 0.4) is 0 Å². The summed E-state index contributed by atoms with van der Waals surface area (Å²) in [6, 6.07) is 6.50. The van der Waals surface area contributed by atoms with Gasteiger partial charge in [0.15, 0.2) is 0 Å². The number of carbonyl (C=O) groups is 1. The monoisotopic (exact) mass is 252 g/mol. The Hall–Kier alpha value is -1.58. The number of urea groups is 1. The van der Waals surface area contributed by atoms with Crippen molar-refractivity contribution in [3.05, 3.63) is 35.6 Å². The summed E-state index contributed by atoms with van der Waals surface area (Å²) in [4.78, 5) is 11.5. The fourth-order valence-electron chi connectivity index (χ4n) is 1.74. The normalized spacial score (nSPS) is 10.4. The molecule has 0 fully saturated rings. The molecule has 4 heteroatoms. The average molecular weight is 252 g/mol. The lowest BCUT2D eigenvalue weighted by Crippen LogP contribution is -2.42. The van der Waals surface area contributed by atoms with Gasteiger partial charge in [-0.15, -0.1) is 0 Å². The minimum Gasteiger partial charge on any atom is -0.338 e. The fraction of sp³-hybridized carbons (Fsp3) is 0.500. The molecule has 2 amide bonds. The molecule has 0 aliphatic heterocycles. The summed E-state index contributed by atoms with van der Waals surface area (Å²) >= 11 is 0. The average Bonchev–Trinajstić information content (AvgIpc) is 2.36. The van der Waals surface area contributed by atoms with E-state index in [-0.39, 0.29) is 17.9 Å². The van der Waals surface area contributed by atoms with Crippen molar-refractivity contribution in [3.63, 3.8) is 0 Å². The first-order valence-corrected chi connectivity index (χ1v) is 6.44. The van der Waals surface area contributed by atoms with E-state index >= 15 is 0 Å². The van der Waals surface area contributed by atoms with Crippen LogP contribution in [0.25, 0.3) is 0 Å². The number of halogens is 1. The maximum atomic E-state index is 12.9. The molecule has 18 heavy (non-hydrogen) atoms. The molecule has 0 spiro atoms. The van der Waals surface area contributed by atoms with E-state index in [0.717, 1.165) is 18.4 Å². The van der Waals surface area contributed by atoms with E-state index < -0.39 is 0 Å². The van der Waals surface area contributed by atoms with E-state index in [2.05, 4.69) is 10.6 Å². The Morgan fingerprint density at radius 3 is 2.67 bits per heavy atom. The molecule has 1 aromatic rings. The van der Waals surface area contributed by atoms with Gasteiger partial charge in [-0.05, 0) is 37.0 Å². The Balaban J connectivity index is 2.27. The van der Waals surface area contributed by atoms with Gasteiger partial charge in [-0.3, -0.25) is 0 Å². The molecule has 2 N–H and O–H groups in total. The molecule has 100 valence electrons. The van der Waals surface area contributed by atoms with Crippen LogP contribution >= 0.6 is 0 Å². The molecule has 0 saturated heterocycles. The van der Waals surface area contributed by atoms with E-state index in [1.165, 1.54) is 12.1 Å². The lowest BCUT2D eigenvalue weighted by molar-refractivity contribution is 0.236. The van der Waals surface area contributed by atoms with Gasteiger partial charge in [0.25, 0.3) is 0 Å². The first-order valence-electron chi connectivity index (χ1n) is 6.44. The van der Waals surface area contributed by atoms with Crippen LogP contribution in [-0.2, 0) is 6.42 Å². The highest BCUT2D eigenvalue weighted by Crippen LogP contribution is 2.03. The summed E-state index contributed by atoms with van der Waals surface area (Å²) in [5.74, 6) is -0.242. The third kappa shape index (κ3) is 5.17. The Bertz CT molecular complexity index is 378. The van der Waals surface area contributed by atoms with Crippen molar-refractivity contribution in [1.82, 2.24) is 10.6 Å². The lowest BCUT2D eigenvalue weighted by atomic mass is 10.1. The van der Waals surface area contributed by atoms with Crippen LogP contribution in [0.15, 0.2) is 24.3 Å². The summed E-state index contributed by atoms with van der Waals surface area (Å²) in [6.45, 7) is 4.60. The van der Waals surface area contributed by atoms with Crippen LogP contribution in [0.4, 0.5) is 9.18 Å². The maximum absolute atomic E-state index is 12.9. The number of hydrogen-bond acceptors (Lipinski definition) is 1. The predicted molar refractivity (Wildman–Crippen MR) is 71.0 cm³/mol. The van der Waals surface area contributed by atoms with Crippen molar-refractivity contribution >= 4 is 6.03 Å². The number of nitrogens with one attached hydrogen (secondary N) is 2. The van der Waals surface area contributed by atoms with Gasteiger partial charge in [0.05, 0.1) is 0 Å². The van der Waals surface area contributed by atoms with Crippen LogP contribution in [-0.4, -0.2) is 18.6 Å². The third-order valence-electron chi connectivity index (χ3n) is 2.91. The molecule has 0 aliphatic rings. The second-order valence-corrected chi connectivity index (χ2v) is 4.29. The van der Waals surface area contributed by atoms with Crippen LogP contribution in [0.2, 0.25) is 0 Å². The Morgan fingerprint density at radius 2 is 2.06 bits per heavy atom. The Morgan fingerprint density at radius 1 is 1.33 bits per heavy atom. The summed E-state index contributed by atoms with van der Waals surface area (Å²) in [5, 5.41) is 5.67. The second kappa shape index (κ2) is 7.69. The quantitative estimate of drug-likeness (QED) is 0.803. The summed E-state index contributed by atoms with van der Waals surface area (Å²) in [6.07, 6.45) is 2.48. The molecule has 0 aliphatic carbocycles. The predicted octanol–water partition coefficient (Wildman–Crippen LogP) is 2.86. The first kappa shape index (κ1) is 14.5. The topological polar surface area (TPSA) is 41.1 Å². The maximum Gasteiger partial charge on any atom is 0.315 e. The van der Waals surface area contributed by atoms with E-state index in [0.29, 0.717) is 13.0 Å². The van der Waals surface area contributed by atoms with Crippen LogP contribution < -0.4 is 10.6 Å². The fourth-order valence-corrected chi connectivity index (χ4v) is 1.74. The van der Waals surface area contributed by atoms with Crippen LogP contribution in [0.5, 0.6) is 0 Å². The molecule has 0 radical (unpaired) electrons. The second-order valence-electron chi connectivity index (χ2n) is 4.29. The van der Waals surface area contributed by atoms with Gasteiger partial charge in [-0.2, -0.15) is 0 Å². The lowest BCUT2D eigenvalue weighted by Gasteiger charge is -2.15. The van der Waals surface area contributed by atoms with E-state index in [4.69, 9.17) is 0 Å². The largest absolute Gasteiger partial charge is 0.338 e. The number of carbonyl (C=O) groups excluding carboxylic acids is 1. The van der Waals surface area contributed by atoms with Crippen LogP contribution in [0, 0.1) is 5.82 Å². The standard InChI is InChI=1S/C14H21FN2O/c1-3-13(4-2)17-14(18)16-9-8-11-6-5-7-12(15)10-11/h5-7,10,13H,3-4,8-9H2,1-2H3,(H2,16,17,18). The zero-order valence-electron chi connectivity index (χ0n) is 11.0. The highest BCUT2D eigenvalue weighted by Gasteiger charge is 2.06. The van der Waals surface area contributed by atoms with Gasteiger partial charge in [-0.25, -0.2) is 9.18 Å². The number of rotatable bonds is 6. The van der Waals surface area contributed by atoms with Crippen molar-refractivity contribution in [2.45, 2.75) is 39.2 Å². The smallest absolute Gasteiger partial charge is 0.315 e. The molecule has 3 nitrogen and oxygen atoms in total. The molecular formula is C14H21FN2O. The number of benzene rings is 1. The molecule has 0 saturated carbocycles. The highest BCUT2D eigenvalue weighted by molar-refractivity contribution is 5.74. The molecule has 0 unspecified atom stereocenters. The van der Waals surface area contributed by atoms with E-state index in [1.54, 1.807) is 6.07 Å².